The number of carbonyl (C=O) groups excluding carboxylic acids is 1. The molecule has 1 heterocycles. The molecule has 12 heteroatoms. The van der Waals surface area contributed by atoms with Crippen molar-refractivity contribution in [2.24, 2.45) is 0 Å². The number of ether oxygens (including phenoxy) is 1. The smallest absolute Gasteiger partial charge is 0.417 e. The summed E-state index contributed by atoms with van der Waals surface area (Å²) in [6.45, 7) is -0.902. The topological polar surface area (TPSA) is 60.3 Å². The number of halogens is 7. The zero-order valence-electron chi connectivity index (χ0n) is 13.9. The molecule has 2 aromatic rings. The third kappa shape index (κ3) is 5.18. The number of hydrogen-bond acceptors (Lipinski definition) is 3. The Balaban J connectivity index is 2.30. The molecule has 1 aromatic carbocycles. The Morgan fingerprint density at radius 3 is 2.21 bits per heavy atom. The molecule has 0 radical (unpaired) electrons. The Labute approximate surface area is 158 Å². The second-order valence-corrected chi connectivity index (χ2v) is 5.91. The van der Waals surface area contributed by atoms with Crippen LogP contribution in [0, 0.1) is 0 Å². The second-order valence-electron chi connectivity index (χ2n) is 5.50. The molecule has 1 aromatic heterocycles. The molecule has 0 saturated heterocycles. The van der Waals surface area contributed by atoms with Gasteiger partial charge in [0.1, 0.15) is 17.3 Å². The lowest BCUT2D eigenvalue weighted by Gasteiger charge is -2.14. The number of pyridine rings is 1. The first-order chi connectivity index (χ1) is 12.8. The number of anilines is 1. The maximum absolute atomic E-state index is 12.9. The molecule has 0 aliphatic rings. The SMILES string of the molecule is COc1cc(NC(=O)Cn2cc(C(F)(F)F)cc(Cl)c2=O)cc(C(F)(F)F)c1. The van der Waals surface area contributed by atoms with Gasteiger partial charge in [0.05, 0.1) is 18.2 Å². The summed E-state index contributed by atoms with van der Waals surface area (Å²) in [6.07, 6.45) is -9.15. The van der Waals surface area contributed by atoms with Gasteiger partial charge in [-0.2, -0.15) is 26.3 Å². The molecule has 0 fully saturated rings. The minimum Gasteiger partial charge on any atom is -0.497 e. The number of carbonyl (C=O) groups is 1. The van der Waals surface area contributed by atoms with Crippen LogP contribution >= 0.6 is 11.6 Å². The van der Waals surface area contributed by atoms with Gasteiger partial charge >= 0.3 is 12.4 Å². The van der Waals surface area contributed by atoms with Crippen LogP contribution in [0.25, 0.3) is 0 Å². The van der Waals surface area contributed by atoms with Gasteiger partial charge in [0, 0.05) is 18.0 Å². The van der Waals surface area contributed by atoms with Crippen LogP contribution in [0.2, 0.25) is 5.02 Å². The van der Waals surface area contributed by atoms with E-state index in [1.807, 2.05) is 0 Å². The van der Waals surface area contributed by atoms with Gasteiger partial charge < -0.3 is 14.6 Å². The van der Waals surface area contributed by atoms with Crippen LogP contribution in [0.1, 0.15) is 11.1 Å². The molecule has 0 spiro atoms. The fourth-order valence-electron chi connectivity index (χ4n) is 2.18. The van der Waals surface area contributed by atoms with Crippen molar-refractivity contribution < 1.29 is 35.9 Å². The van der Waals surface area contributed by atoms with Gasteiger partial charge in [0.25, 0.3) is 5.56 Å². The number of alkyl halides is 6. The van der Waals surface area contributed by atoms with Crippen LogP contribution in [0.3, 0.4) is 0 Å². The summed E-state index contributed by atoms with van der Waals surface area (Å²) < 4.78 is 82.2. The summed E-state index contributed by atoms with van der Waals surface area (Å²) >= 11 is 5.47. The first-order valence-corrected chi connectivity index (χ1v) is 7.72. The predicted molar refractivity (Wildman–Crippen MR) is 87.3 cm³/mol. The van der Waals surface area contributed by atoms with Gasteiger partial charge in [0.15, 0.2) is 0 Å². The van der Waals surface area contributed by atoms with Gasteiger partial charge in [-0.25, -0.2) is 0 Å². The van der Waals surface area contributed by atoms with Gasteiger partial charge in [-0.3, -0.25) is 9.59 Å². The van der Waals surface area contributed by atoms with Crippen LogP contribution in [0.5, 0.6) is 5.75 Å². The average molecular weight is 429 g/mol. The number of methoxy groups -OCH3 is 1. The summed E-state index contributed by atoms with van der Waals surface area (Å²) in [5.74, 6) is -1.25. The molecule has 1 N–H and O–H groups in total. The van der Waals surface area contributed by atoms with E-state index < -0.39 is 46.5 Å². The lowest BCUT2D eigenvalue weighted by molar-refractivity contribution is -0.138. The molecule has 28 heavy (non-hydrogen) atoms. The van der Waals surface area contributed by atoms with Gasteiger partial charge in [0.2, 0.25) is 5.91 Å². The monoisotopic (exact) mass is 428 g/mol. The molecule has 5 nitrogen and oxygen atoms in total. The summed E-state index contributed by atoms with van der Waals surface area (Å²) in [7, 11) is 1.12. The molecule has 0 aliphatic carbocycles. The highest BCUT2D eigenvalue weighted by Crippen LogP contribution is 2.34. The first kappa shape index (κ1) is 21.6. The van der Waals surface area contributed by atoms with E-state index in [9.17, 15) is 35.9 Å². The molecule has 2 rings (SSSR count). The lowest BCUT2D eigenvalue weighted by atomic mass is 10.1. The van der Waals surface area contributed by atoms with E-state index in [0.717, 1.165) is 13.2 Å². The fraction of sp³-hybridized carbons (Fsp3) is 0.250. The maximum atomic E-state index is 12.9. The highest BCUT2D eigenvalue weighted by molar-refractivity contribution is 6.30. The zero-order valence-corrected chi connectivity index (χ0v) is 14.7. The molecule has 0 bridgehead atoms. The number of rotatable bonds is 4. The summed E-state index contributed by atoms with van der Waals surface area (Å²) in [4.78, 5) is 23.9. The van der Waals surface area contributed by atoms with Crippen LogP contribution in [0.4, 0.5) is 32.0 Å². The Kier molecular flexibility index (Phi) is 5.97. The highest BCUT2D eigenvalue weighted by Gasteiger charge is 2.33. The highest BCUT2D eigenvalue weighted by atomic mass is 35.5. The maximum Gasteiger partial charge on any atom is 0.417 e. The Morgan fingerprint density at radius 2 is 1.68 bits per heavy atom. The number of amides is 1. The third-order valence-electron chi connectivity index (χ3n) is 3.44. The number of nitrogens with one attached hydrogen (secondary N) is 1. The zero-order chi connectivity index (χ0) is 21.3. The van der Waals surface area contributed by atoms with Crippen molar-refractivity contribution in [3.63, 3.8) is 0 Å². The quantitative estimate of drug-likeness (QED) is 0.743. The van der Waals surface area contributed by atoms with Crippen molar-refractivity contribution in [2.45, 2.75) is 18.9 Å². The Morgan fingerprint density at radius 1 is 1.07 bits per heavy atom. The second kappa shape index (κ2) is 7.74. The van der Waals surface area contributed by atoms with E-state index in [1.54, 1.807) is 0 Å². The number of nitrogens with zero attached hydrogens (tertiary/aromatic N) is 1. The van der Waals surface area contributed by atoms with Crippen LogP contribution in [-0.4, -0.2) is 17.6 Å². The van der Waals surface area contributed by atoms with Crippen LogP contribution < -0.4 is 15.6 Å². The van der Waals surface area contributed by atoms with E-state index in [1.165, 1.54) is 0 Å². The molecular formula is C16H11ClF6N2O3. The number of aromatic nitrogens is 1. The van der Waals surface area contributed by atoms with E-state index in [-0.39, 0.29) is 11.4 Å². The Bertz CT molecular complexity index is 953. The van der Waals surface area contributed by atoms with Gasteiger partial charge in [-0.05, 0) is 18.2 Å². The average Bonchev–Trinajstić information content (AvgIpc) is 2.56. The summed E-state index contributed by atoms with van der Waals surface area (Å²) in [5, 5.41) is 1.32. The van der Waals surface area contributed by atoms with Crippen molar-refractivity contribution in [3.8, 4) is 5.75 Å². The fourth-order valence-corrected chi connectivity index (χ4v) is 2.41. The first-order valence-electron chi connectivity index (χ1n) is 7.34. The minimum absolute atomic E-state index is 0.204. The molecular weight excluding hydrogens is 418 g/mol. The molecule has 0 unspecified atom stereocenters. The largest absolute Gasteiger partial charge is 0.497 e. The number of hydrogen-bond donors (Lipinski definition) is 1. The van der Waals surface area contributed by atoms with Gasteiger partial charge in [-0.15, -0.1) is 0 Å². The van der Waals surface area contributed by atoms with Crippen molar-refractivity contribution in [1.82, 2.24) is 4.57 Å². The molecule has 152 valence electrons. The molecule has 1 amide bonds. The van der Waals surface area contributed by atoms with Crippen molar-refractivity contribution in [1.29, 1.82) is 0 Å². The summed E-state index contributed by atoms with van der Waals surface area (Å²) in [5.41, 5.74) is -3.75. The Hall–Kier alpha value is -2.69. The minimum atomic E-state index is -4.82. The van der Waals surface area contributed by atoms with Crippen LogP contribution in [-0.2, 0) is 23.7 Å². The molecule has 0 aliphatic heterocycles. The molecule has 0 atom stereocenters. The van der Waals surface area contributed by atoms with E-state index >= 15 is 0 Å². The van der Waals surface area contributed by atoms with E-state index in [2.05, 4.69) is 5.32 Å². The molecule has 0 saturated carbocycles. The van der Waals surface area contributed by atoms with Gasteiger partial charge in [-0.1, -0.05) is 11.6 Å². The van der Waals surface area contributed by atoms with E-state index in [0.29, 0.717) is 29.0 Å². The standard InChI is InChI=1S/C16H11ClF6N2O3/c1-28-11-3-8(15(18,19)20)2-10(5-11)24-13(26)7-25-6-9(16(21,22)23)4-12(17)14(25)27/h2-6H,7H2,1H3,(H,24,26). The van der Waals surface area contributed by atoms with Crippen molar-refractivity contribution >= 4 is 23.2 Å². The van der Waals surface area contributed by atoms with Crippen molar-refractivity contribution in [2.75, 3.05) is 12.4 Å². The summed E-state index contributed by atoms with van der Waals surface area (Å²) in [6, 6.07) is 2.81. The van der Waals surface area contributed by atoms with E-state index in [4.69, 9.17) is 16.3 Å². The third-order valence-corrected chi connectivity index (χ3v) is 3.71. The lowest BCUT2D eigenvalue weighted by Crippen LogP contribution is -2.29. The predicted octanol–water partition coefficient (Wildman–Crippen LogP) is 4.19. The number of benzene rings is 1. The normalized spacial score (nSPS) is 12.0. The van der Waals surface area contributed by atoms with Crippen molar-refractivity contribution in [3.05, 3.63) is 57.0 Å². The van der Waals surface area contributed by atoms with Crippen LogP contribution in [0.15, 0.2) is 35.3 Å².